The van der Waals surface area contributed by atoms with Gasteiger partial charge in [0.05, 0.1) is 4.34 Å². The molecule has 1 rings (SSSR count). The molecule has 0 aliphatic carbocycles. The molecular weight excluding hydrogens is 262 g/mol. The second kappa shape index (κ2) is 7.66. The van der Waals surface area contributed by atoms with Crippen molar-refractivity contribution >= 4 is 28.8 Å². The van der Waals surface area contributed by atoms with Gasteiger partial charge in [0.25, 0.3) is 0 Å². The highest BCUT2D eigenvalue weighted by molar-refractivity contribution is 7.16. The first-order valence-electron chi connectivity index (χ1n) is 5.29. The summed E-state index contributed by atoms with van der Waals surface area (Å²) in [5.74, 6) is -0.142. The lowest BCUT2D eigenvalue weighted by molar-refractivity contribution is -0.126. The molecule has 0 aliphatic heterocycles. The Morgan fingerprint density at radius 1 is 1.59 bits per heavy atom. The summed E-state index contributed by atoms with van der Waals surface area (Å²) < 4.78 is 11.0. The lowest BCUT2D eigenvalue weighted by Crippen LogP contribution is -2.31. The SMILES string of the molecule is CCOCC(=O)NCC(OC)c1ccc(Cl)s1. The average molecular weight is 278 g/mol. The van der Waals surface area contributed by atoms with Crippen LogP contribution in [0.4, 0.5) is 0 Å². The van der Waals surface area contributed by atoms with E-state index in [9.17, 15) is 4.79 Å². The molecule has 96 valence electrons. The van der Waals surface area contributed by atoms with Crippen LogP contribution >= 0.6 is 22.9 Å². The van der Waals surface area contributed by atoms with Crippen molar-refractivity contribution in [1.82, 2.24) is 5.32 Å². The van der Waals surface area contributed by atoms with Crippen LogP contribution in [0, 0.1) is 0 Å². The molecule has 1 unspecified atom stereocenters. The summed E-state index contributed by atoms with van der Waals surface area (Å²) in [6.45, 7) is 2.87. The van der Waals surface area contributed by atoms with E-state index in [0.717, 1.165) is 4.88 Å². The van der Waals surface area contributed by atoms with Crippen LogP contribution in [0.25, 0.3) is 0 Å². The Kier molecular flexibility index (Phi) is 6.50. The summed E-state index contributed by atoms with van der Waals surface area (Å²) in [6.07, 6.45) is -0.168. The molecule has 0 aliphatic rings. The summed E-state index contributed by atoms with van der Waals surface area (Å²) in [5.41, 5.74) is 0. The van der Waals surface area contributed by atoms with Gasteiger partial charge in [-0.05, 0) is 19.1 Å². The maximum Gasteiger partial charge on any atom is 0.246 e. The number of hydrogen-bond donors (Lipinski definition) is 1. The average Bonchev–Trinajstić information content (AvgIpc) is 2.74. The first kappa shape index (κ1) is 14.4. The Bertz CT molecular complexity index is 356. The number of carbonyl (C=O) groups excluding carboxylic acids is 1. The number of ether oxygens (including phenoxy) is 2. The van der Waals surface area contributed by atoms with Crippen molar-refractivity contribution in [3.05, 3.63) is 21.3 Å². The summed E-state index contributed by atoms with van der Waals surface area (Å²) in [6, 6.07) is 3.71. The molecule has 1 aromatic heterocycles. The van der Waals surface area contributed by atoms with Crippen LogP contribution in [-0.4, -0.2) is 32.8 Å². The van der Waals surface area contributed by atoms with Crippen molar-refractivity contribution < 1.29 is 14.3 Å². The minimum Gasteiger partial charge on any atom is -0.374 e. The fourth-order valence-electron chi connectivity index (χ4n) is 1.25. The van der Waals surface area contributed by atoms with E-state index >= 15 is 0 Å². The van der Waals surface area contributed by atoms with E-state index in [-0.39, 0.29) is 18.6 Å². The van der Waals surface area contributed by atoms with Crippen molar-refractivity contribution in [3.63, 3.8) is 0 Å². The molecule has 0 fully saturated rings. The number of nitrogens with one attached hydrogen (secondary N) is 1. The van der Waals surface area contributed by atoms with Gasteiger partial charge in [-0.1, -0.05) is 11.6 Å². The zero-order chi connectivity index (χ0) is 12.7. The standard InChI is InChI=1S/C11H16ClNO3S/c1-3-16-7-11(14)13-6-8(15-2)9-4-5-10(12)17-9/h4-5,8H,3,6-7H2,1-2H3,(H,13,14). The quantitative estimate of drug-likeness (QED) is 0.831. The number of hydrogen-bond acceptors (Lipinski definition) is 4. The van der Waals surface area contributed by atoms with Gasteiger partial charge < -0.3 is 14.8 Å². The molecule has 0 spiro atoms. The van der Waals surface area contributed by atoms with E-state index in [1.54, 1.807) is 7.11 Å². The normalized spacial score (nSPS) is 12.4. The van der Waals surface area contributed by atoms with Crippen molar-refractivity contribution in [2.45, 2.75) is 13.0 Å². The zero-order valence-electron chi connectivity index (χ0n) is 9.86. The van der Waals surface area contributed by atoms with Gasteiger partial charge in [0.1, 0.15) is 12.7 Å². The summed E-state index contributed by atoms with van der Waals surface area (Å²) in [5, 5.41) is 2.75. The smallest absolute Gasteiger partial charge is 0.246 e. The first-order valence-corrected chi connectivity index (χ1v) is 6.49. The Labute approximate surface area is 110 Å². The minimum atomic E-state index is -0.168. The van der Waals surface area contributed by atoms with Gasteiger partial charge in [-0.15, -0.1) is 11.3 Å². The molecule has 1 atom stereocenters. The fraction of sp³-hybridized carbons (Fsp3) is 0.545. The van der Waals surface area contributed by atoms with Crippen molar-refractivity contribution in [1.29, 1.82) is 0 Å². The summed E-state index contributed by atoms with van der Waals surface area (Å²) in [4.78, 5) is 12.3. The molecule has 1 aromatic rings. The van der Waals surface area contributed by atoms with E-state index < -0.39 is 0 Å². The van der Waals surface area contributed by atoms with Gasteiger partial charge in [-0.2, -0.15) is 0 Å². The molecular formula is C11H16ClNO3S. The van der Waals surface area contributed by atoms with Gasteiger partial charge >= 0.3 is 0 Å². The topological polar surface area (TPSA) is 47.6 Å². The molecule has 4 nitrogen and oxygen atoms in total. The van der Waals surface area contributed by atoms with Crippen LogP contribution in [0.3, 0.4) is 0 Å². The highest BCUT2D eigenvalue weighted by atomic mass is 35.5. The first-order chi connectivity index (χ1) is 8.17. The van der Waals surface area contributed by atoms with Crippen molar-refractivity contribution in [2.24, 2.45) is 0 Å². The van der Waals surface area contributed by atoms with E-state index in [1.807, 2.05) is 19.1 Å². The van der Waals surface area contributed by atoms with Gasteiger partial charge in [0, 0.05) is 25.1 Å². The molecule has 1 amide bonds. The maximum absolute atomic E-state index is 11.3. The number of methoxy groups -OCH3 is 1. The van der Waals surface area contributed by atoms with E-state index in [4.69, 9.17) is 21.1 Å². The molecule has 0 saturated heterocycles. The van der Waals surface area contributed by atoms with Gasteiger partial charge in [-0.25, -0.2) is 0 Å². The summed E-state index contributed by atoms with van der Waals surface area (Å²) >= 11 is 7.30. The second-order valence-corrected chi connectivity index (χ2v) is 5.05. The van der Waals surface area contributed by atoms with Crippen molar-refractivity contribution in [3.8, 4) is 0 Å². The molecule has 1 heterocycles. The molecule has 0 saturated carbocycles. The van der Waals surface area contributed by atoms with Gasteiger partial charge in [-0.3, -0.25) is 4.79 Å². The van der Waals surface area contributed by atoms with Crippen LogP contribution in [0.1, 0.15) is 17.9 Å². The highest BCUT2D eigenvalue weighted by Gasteiger charge is 2.14. The van der Waals surface area contributed by atoms with Crippen LogP contribution in [0.5, 0.6) is 0 Å². The molecule has 6 heteroatoms. The highest BCUT2D eigenvalue weighted by Crippen LogP contribution is 2.28. The third-order valence-electron chi connectivity index (χ3n) is 2.12. The van der Waals surface area contributed by atoms with E-state index in [0.29, 0.717) is 17.5 Å². The molecule has 1 N–H and O–H groups in total. The number of thiophene rings is 1. The number of halogens is 1. The van der Waals surface area contributed by atoms with E-state index in [2.05, 4.69) is 5.32 Å². The van der Waals surface area contributed by atoms with Gasteiger partial charge in [0.15, 0.2) is 0 Å². The third-order valence-corrected chi connectivity index (χ3v) is 3.44. The number of amides is 1. The lowest BCUT2D eigenvalue weighted by Gasteiger charge is -2.14. The Balaban J connectivity index is 2.40. The molecule has 0 bridgehead atoms. The van der Waals surface area contributed by atoms with Gasteiger partial charge in [0.2, 0.25) is 5.91 Å². The number of rotatable bonds is 7. The Morgan fingerprint density at radius 3 is 2.88 bits per heavy atom. The number of carbonyl (C=O) groups is 1. The fourth-order valence-corrected chi connectivity index (χ4v) is 2.39. The van der Waals surface area contributed by atoms with Crippen LogP contribution in [0.2, 0.25) is 4.34 Å². The third kappa shape index (κ3) is 5.04. The molecule has 0 aromatic carbocycles. The largest absolute Gasteiger partial charge is 0.374 e. The molecule has 17 heavy (non-hydrogen) atoms. The second-order valence-electron chi connectivity index (χ2n) is 3.31. The van der Waals surface area contributed by atoms with Crippen LogP contribution in [-0.2, 0) is 14.3 Å². The monoisotopic (exact) mass is 277 g/mol. The molecule has 0 radical (unpaired) electrons. The predicted molar refractivity (Wildman–Crippen MR) is 68.6 cm³/mol. The zero-order valence-corrected chi connectivity index (χ0v) is 11.4. The Morgan fingerprint density at radius 2 is 2.35 bits per heavy atom. The van der Waals surface area contributed by atoms with Crippen LogP contribution < -0.4 is 5.32 Å². The lowest BCUT2D eigenvalue weighted by atomic mass is 10.3. The Hall–Kier alpha value is -0.620. The van der Waals surface area contributed by atoms with Crippen LogP contribution in [0.15, 0.2) is 12.1 Å². The van der Waals surface area contributed by atoms with Crippen molar-refractivity contribution in [2.75, 3.05) is 26.9 Å². The maximum atomic E-state index is 11.3. The summed E-state index contributed by atoms with van der Waals surface area (Å²) in [7, 11) is 1.60. The minimum absolute atomic E-state index is 0.0815. The predicted octanol–water partition coefficient (Wildman–Crippen LogP) is 2.24. The van der Waals surface area contributed by atoms with E-state index in [1.165, 1.54) is 11.3 Å².